The summed E-state index contributed by atoms with van der Waals surface area (Å²) in [5, 5.41) is 3.02. The van der Waals surface area contributed by atoms with Gasteiger partial charge >= 0.3 is 0 Å². The van der Waals surface area contributed by atoms with Crippen LogP contribution in [0, 0.1) is 0 Å². The van der Waals surface area contributed by atoms with E-state index < -0.39 is 0 Å². The second kappa shape index (κ2) is 28.4. The largest absolute Gasteiger partial charge is 0.378 e. The molecule has 1 N–H and O–H groups in total. The molecule has 0 aliphatic heterocycles. The van der Waals surface area contributed by atoms with E-state index in [9.17, 15) is 0 Å². The Balaban J connectivity index is 1.63. The van der Waals surface area contributed by atoms with Crippen molar-refractivity contribution < 1.29 is 42.6 Å². The summed E-state index contributed by atoms with van der Waals surface area (Å²) < 4.78 is 49.1. The minimum atomic E-state index is 0.530. The Morgan fingerprint density at radius 2 is 0.722 bits per heavy atom. The summed E-state index contributed by atoms with van der Waals surface area (Å²) in [5.74, 6) is 0. The van der Waals surface area contributed by atoms with Gasteiger partial charge in [-0.25, -0.2) is 0 Å². The third-order valence-corrected chi connectivity index (χ3v) is 4.58. The first-order valence-corrected chi connectivity index (χ1v) is 12.8. The van der Waals surface area contributed by atoms with Crippen LogP contribution in [0.5, 0.6) is 0 Å². The fourth-order valence-electron chi connectivity index (χ4n) is 2.70. The lowest BCUT2D eigenvalue weighted by molar-refractivity contribution is -0.0253. The van der Waals surface area contributed by atoms with E-state index in [-0.39, 0.29) is 0 Å². The molecule has 0 aliphatic carbocycles. The lowest BCUT2D eigenvalue weighted by Crippen LogP contribution is -2.17. The third-order valence-electron chi connectivity index (χ3n) is 4.58. The van der Waals surface area contributed by atoms with Crippen LogP contribution < -0.4 is 5.32 Å². The van der Waals surface area contributed by atoms with E-state index in [0.717, 1.165) is 12.1 Å². The monoisotopic (exact) mass is 517 g/mol. The first-order valence-electron chi connectivity index (χ1n) is 12.8. The Bertz CT molecular complexity index is 539. The Hall–Kier alpha value is -1.18. The van der Waals surface area contributed by atoms with E-state index in [1.54, 1.807) is 0 Å². The minimum Gasteiger partial charge on any atom is -0.378 e. The van der Waals surface area contributed by atoms with E-state index in [4.69, 9.17) is 42.6 Å². The fourth-order valence-corrected chi connectivity index (χ4v) is 2.70. The van der Waals surface area contributed by atoms with Gasteiger partial charge in [-0.3, -0.25) is 0 Å². The van der Waals surface area contributed by atoms with Gasteiger partial charge in [0.15, 0.2) is 0 Å². The van der Waals surface area contributed by atoms with Gasteiger partial charge in [0.2, 0.25) is 0 Å². The van der Waals surface area contributed by atoms with Crippen LogP contribution in [0.4, 0.5) is 0 Å². The first kappa shape index (κ1) is 32.8. The molecule has 10 heteroatoms. The maximum atomic E-state index is 5.55. The molecule has 0 saturated heterocycles. The number of rotatable bonds is 29. The maximum Gasteiger partial charge on any atom is 0.0718 e. The summed E-state index contributed by atoms with van der Waals surface area (Å²) in [4.78, 5) is 0. The molecule has 36 heavy (non-hydrogen) atoms. The van der Waals surface area contributed by atoms with Crippen LogP contribution in [0.25, 0.3) is 0 Å². The van der Waals surface area contributed by atoms with Gasteiger partial charge in [-0.05, 0) is 12.6 Å². The fraction of sp³-hybridized carbons (Fsp3) is 0.769. The van der Waals surface area contributed by atoms with Gasteiger partial charge < -0.3 is 47.9 Å². The molecule has 0 aliphatic rings. The van der Waals surface area contributed by atoms with E-state index in [2.05, 4.69) is 5.32 Å². The Labute approximate surface area is 216 Å². The smallest absolute Gasteiger partial charge is 0.0718 e. The van der Waals surface area contributed by atoms with Crippen molar-refractivity contribution in [3.63, 3.8) is 0 Å². The molecule has 0 aromatic heterocycles. The van der Waals surface area contributed by atoms with Crippen molar-refractivity contribution in [2.75, 3.05) is 126 Å². The van der Waals surface area contributed by atoms with Crippen LogP contribution in [0.2, 0.25) is 0 Å². The molecule has 0 saturated carbocycles. The second-order valence-corrected chi connectivity index (χ2v) is 7.54. The molecule has 0 fully saturated rings. The summed E-state index contributed by atoms with van der Waals surface area (Å²) in [6.07, 6.45) is 0. The van der Waals surface area contributed by atoms with Crippen LogP contribution in [-0.2, 0) is 49.2 Å². The minimum absolute atomic E-state index is 0.530. The molecule has 1 aromatic rings. The van der Waals surface area contributed by atoms with Crippen molar-refractivity contribution in [1.82, 2.24) is 5.32 Å². The number of hydrogen-bond acceptors (Lipinski definition) is 10. The Kier molecular flexibility index (Phi) is 25.9. The molecule has 10 nitrogen and oxygen atoms in total. The molecule has 0 amide bonds. The molecule has 0 spiro atoms. The van der Waals surface area contributed by atoms with Gasteiger partial charge in [-0.2, -0.15) is 0 Å². The van der Waals surface area contributed by atoms with E-state index in [1.165, 1.54) is 0 Å². The summed E-state index contributed by atoms with van der Waals surface area (Å²) in [6.45, 7) is 10.9. The Morgan fingerprint density at radius 3 is 1.06 bits per heavy atom. The standard InChI is InChI=1S/C26H47NO9/c1-27-7-8-28-9-10-29-11-12-30-13-14-31-15-16-32-17-18-33-19-20-34-21-22-35-23-24-36-25-26-5-3-2-4-6-26/h2-6,27H,7-25H2,1H3. The van der Waals surface area contributed by atoms with Gasteiger partial charge in [0.05, 0.1) is 119 Å². The summed E-state index contributed by atoms with van der Waals surface area (Å²) in [6, 6.07) is 10.1. The molecule has 0 unspecified atom stereocenters. The summed E-state index contributed by atoms with van der Waals surface area (Å²) in [5.41, 5.74) is 1.16. The van der Waals surface area contributed by atoms with Crippen molar-refractivity contribution in [2.24, 2.45) is 0 Å². The van der Waals surface area contributed by atoms with Gasteiger partial charge in [-0.1, -0.05) is 30.3 Å². The highest BCUT2D eigenvalue weighted by Crippen LogP contribution is 2.00. The van der Waals surface area contributed by atoms with Crippen LogP contribution in [0.3, 0.4) is 0 Å². The third kappa shape index (κ3) is 24.5. The zero-order chi connectivity index (χ0) is 25.6. The van der Waals surface area contributed by atoms with E-state index >= 15 is 0 Å². The summed E-state index contributed by atoms with van der Waals surface area (Å²) in [7, 11) is 1.90. The lowest BCUT2D eigenvalue weighted by Gasteiger charge is -2.09. The molecule has 0 bridgehead atoms. The molecular weight excluding hydrogens is 470 g/mol. The highest BCUT2D eigenvalue weighted by Gasteiger charge is 1.96. The van der Waals surface area contributed by atoms with Gasteiger partial charge in [-0.15, -0.1) is 0 Å². The van der Waals surface area contributed by atoms with Crippen LogP contribution in [-0.4, -0.2) is 126 Å². The van der Waals surface area contributed by atoms with Crippen molar-refractivity contribution >= 4 is 0 Å². The lowest BCUT2D eigenvalue weighted by atomic mass is 10.2. The number of hydrogen-bond donors (Lipinski definition) is 1. The van der Waals surface area contributed by atoms with Gasteiger partial charge in [0.25, 0.3) is 0 Å². The number of benzene rings is 1. The maximum absolute atomic E-state index is 5.55. The zero-order valence-electron chi connectivity index (χ0n) is 22.0. The molecular formula is C26H47NO9. The highest BCUT2D eigenvalue weighted by atomic mass is 16.6. The molecule has 1 aromatic carbocycles. The van der Waals surface area contributed by atoms with Crippen LogP contribution in [0.15, 0.2) is 30.3 Å². The molecule has 0 atom stereocenters. The van der Waals surface area contributed by atoms with Crippen molar-refractivity contribution in [2.45, 2.75) is 6.61 Å². The summed E-state index contributed by atoms with van der Waals surface area (Å²) >= 11 is 0. The highest BCUT2D eigenvalue weighted by molar-refractivity contribution is 5.13. The van der Waals surface area contributed by atoms with Crippen molar-refractivity contribution in [3.8, 4) is 0 Å². The predicted octanol–water partition coefficient (Wildman–Crippen LogP) is 1.56. The van der Waals surface area contributed by atoms with Crippen molar-refractivity contribution in [1.29, 1.82) is 0 Å². The van der Waals surface area contributed by atoms with Crippen LogP contribution >= 0.6 is 0 Å². The topological polar surface area (TPSA) is 95.1 Å². The number of likely N-dealkylation sites (N-methyl/N-ethyl adjacent to an activating group) is 1. The average Bonchev–Trinajstić information content (AvgIpc) is 2.91. The van der Waals surface area contributed by atoms with Crippen LogP contribution in [0.1, 0.15) is 5.56 Å². The molecule has 0 heterocycles. The second-order valence-electron chi connectivity index (χ2n) is 7.54. The van der Waals surface area contributed by atoms with E-state index in [0.29, 0.717) is 119 Å². The first-order chi connectivity index (χ1) is 17.9. The van der Waals surface area contributed by atoms with E-state index in [1.807, 2.05) is 37.4 Å². The van der Waals surface area contributed by atoms with Gasteiger partial charge in [0, 0.05) is 6.54 Å². The average molecular weight is 518 g/mol. The zero-order valence-corrected chi connectivity index (χ0v) is 22.0. The quantitative estimate of drug-likeness (QED) is 0.158. The normalized spacial score (nSPS) is 11.4. The molecule has 0 radical (unpaired) electrons. The van der Waals surface area contributed by atoms with Gasteiger partial charge in [0.1, 0.15) is 0 Å². The predicted molar refractivity (Wildman–Crippen MR) is 137 cm³/mol. The molecule has 1 rings (SSSR count). The van der Waals surface area contributed by atoms with Crippen molar-refractivity contribution in [3.05, 3.63) is 35.9 Å². The molecule has 210 valence electrons. The number of ether oxygens (including phenoxy) is 9. The SMILES string of the molecule is CNCCOCCOCCOCCOCCOCCOCCOCCOCCOCc1ccccc1. The number of nitrogens with one attached hydrogen (secondary N) is 1. The Morgan fingerprint density at radius 1 is 0.417 bits per heavy atom.